The van der Waals surface area contributed by atoms with Crippen LogP contribution in [-0.2, 0) is 16.1 Å². The van der Waals surface area contributed by atoms with E-state index in [9.17, 15) is 9.59 Å². The van der Waals surface area contributed by atoms with Gasteiger partial charge < -0.3 is 26.8 Å². The molecular formula is C15H22ClN5O3. The van der Waals surface area contributed by atoms with Crippen LogP contribution < -0.4 is 21.7 Å². The maximum atomic E-state index is 11.8. The molecule has 1 rings (SSSR count). The molecule has 9 heteroatoms. The molecule has 0 aliphatic heterocycles. The smallest absolute Gasteiger partial charge is 0.326 e. The van der Waals surface area contributed by atoms with Crippen molar-refractivity contribution in [3.8, 4) is 0 Å². The monoisotopic (exact) mass is 355 g/mol. The third kappa shape index (κ3) is 8.35. The zero-order chi connectivity index (χ0) is 17.9. The van der Waals surface area contributed by atoms with Crippen LogP contribution in [0.1, 0.15) is 18.4 Å². The van der Waals surface area contributed by atoms with Crippen LogP contribution in [0.5, 0.6) is 0 Å². The minimum absolute atomic E-state index is 0.00197. The fourth-order valence-corrected chi connectivity index (χ4v) is 2.21. The average Bonchev–Trinajstić information content (AvgIpc) is 2.50. The number of nitrogens with one attached hydrogen (secondary N) is 4. The molecule has 0 aliphatic rings. The molecule has 8 nitrogen and oxygen atoms in total. The van der Waals surface area contributed by atoms with Crippen LogP contribution in [0, 0.1) is 5.41 Å². The Labute approximate surface area is 145 Å². The molecule has 1 aromatic rings. The molecule has 132 valence electrons. The Bertz CT molecular complexity index is 582. The number of amides is 1. The summed E-state index contributed by atoms with van der Waals surface area (Å²) in [5.74, 6) is -1.67. The van der Waals surface area contributed by atoms with Gasteiger partial charge in [0.15, 0.2) is 5.96 Å². The SMILES string of the molecule is N=C(N)NCCCC(NC(=O)CNCc1cccc(Cl)c1)C(=O)O. The molecule has 0 spiro atoms. The fourth-order valence-electron chi connectivity index (χ4n) is 2.00. The highest BCUT2D eigenvalue weighted by Crippen LogP contribution is 2.10. The van der Waals surface area contributed by atoms with Gasteiger partial charge in [-0.15, -0.1) is 0 Å². The van der Waals surface area contributed by atoms with E-state index in [-0.39, 0.29) is 18.9 Å². The molecule has 0 fully saturated rings. The Balaban J connectivity index is 2.31. The molecule has 24 heavy (non-hydrogen) atoms. The van der Waals surface area contributed by atoms with Crippen molar-refractivity contribution in [2.45, 2.75) is 25.4 Å². The first-order valence-electron chi connectivity index (χ1n) is 7.43. The van der Waals surface area contributed by atoms with Crippen molar-refractivity contribution in [1.29, 1.82) is 5.41 Å². The number of carbonyl (C=O) groups excluding carboxylic acids is 1. The van der Waals surface area contributed by atoms with Gasteiger partial charge in [0.25, 0.3) is 0 Å². The van der Waals surface area contributed by atoms with Crippen molar-refractivity contribution < 1.29 is 14.7 Å². The normalized spacial score (nSPS) is 11.5. The van der Waals surface area contributed by atoms with E-state index in [4.69, 9.17) is 27.9 Å². The van der Waals surface area contributed by atoms with Crippen LogP contribution in [0.4, 0.5) is 0 Å². The van der Waals surface area contributed by atoms with Gasteiger partial charge in [0.05, 0.1) is 6.54 Å². The number of hydrogen-bond acceptors (Lipinski definition) is 4. The third-order valence-electron chi connectivity index (χ3n) is 3.12. The number of carboxylic acid groups (broad SMARTS) is 1. The molecular weight excluding hydrogens is 334 g/mol. The molecule has 1 unspecified atom stereocenters. The van der Waals surface area contributed by atoms with Gasteiger partial charge in [-0.25, -0.2) is 4.79 Å². The lowest BCUT2D eigenvalue weighted by Crippen LogP contribution is -2.45. The predicted octanol–water partition coefficient (Wildman–Crippen LogP) is 0.262. The van der Waals surface area contributed by atoms with Gasteiger partial charge in [0.1, 0.15) is 6.04 Å². The molecule has 0 saturated carbocycles. The van der Waals surface area contributed by atoms with E-state index in [1.165, 1.54) is 0 Å². The Hall–Kier alpha value is -2.32. The summed E-state index contributed by atoms with van der Waals surface area (Å²) in [4.78, 5) is 23.0. The quantitative estimate of drug-likeness (QED) is 0.202. The summed E-state index contributed by atoms with van der Waals surface area (Å²) in [7, 11) is 0. The Kier molecular flexibility index (Phi) is 8.59. The highest BCUT2D eigenvalue weighted by molar-refractivity contribution is 6.30. The van der Waals surface area contributed by atoms with Gasteiger partial charge in [-0.1, -0.05) is 23.7 Å². The van der Waals surface area contributed by atoms with E-state index in [2.05, 4.69) is 16.0 Å². The second-order valence-electron chi connectivity index (χ2n) is 5.17. The van der Waals surface area contributed by atoms with Crippen LogP contribution in [0.15, 0.2) is 24.3 Å². The number of carboxylic acids is 1. The highest BCUT2D eigenvalue weighted by atomic mass is 35.5. The van der Waals surface area contributed by atoms with Crippen molar-refractivity contribution in [1.82, 2.24) is 16.0 Å². The van der Waals surface area contributed by atoms with E-state index >= 15 is 0 Å². The highest BCUT2D eigenvalue weighted by Gasteiger charge is 2.19. The number of guanidine groups is 1. The minimum Gasteiger partial charge on any atom is -0.480 e. The number of aliphatic carboxylic acids is 1. The van der Waals surface area contributed by atoms with E-state index in [1.807, 2.05) is 12.1 Å². The van der Waals surface area contributed by atoms with Gasteiger partial charge in [0, 0.05) is 18.1 Å². The van der Waals surface area contributed by atoms with Gasteiger partial charge in [-0.2, -0.15) is 0 Å². The molecule has 0 aromatic heterocycles. The Morgan fingerprint density at radius 3 is 2.75 bits per heavy atom. The lowest BCUT2D eigenvalue weighted by molar-refractivity contribution is -0.141. The van der Waals surface area contributed by atoms with Crippen LogP contribution in [-0.4, -0.2) is 42.1 Å². The second-order valence-corrected chi connectivity index (χ2v) is 5.61. The molecule has 0 saturated heterocycles. The fraction of sp³-hybridized carbons (Fsp3) is 0.400. The van der Waals surface area contributed by atoms with Gasteiger partial charge in [-0.3, -0.25) is 10.2 Å². The first kappa shape index (κ1) is 19.7. The number of carbonyl (C=O) groups is 2. The zero-order valence-corrected chi connectivity index (χ0v) is 13.9. The van der Waals surface area contributed by atoms with Crippen LogP contribution in [0.2, 0.25) is 5.02 Å². The number of hydrogen-bond donors (Lipinski definition) is 6. The molecule has 0 aliphatic carbocycles. The molecule has 1 atom stereocenters. The average molecular weight is 356 g/mol. The van der Waals surface area contributed by atoms with Crippen molar-refractivity contribution in [3.63, 3.8) is 0 Å². The number of nitrogens with two attached hydrogens (primary N) is 1. The number of halogens is 1. The minimum atomic E-state index is -1.10. The zero-order valence-electron chi connectivity index (χ0n) is 13.1. The molecule has 0 radical (unpaired) electrons. The second kappa shape index (κ2) is 10.5. The first-order chi connectivity index (χ1) is 11.4. The van der Waals surface area contributed by atoms with E-state index in [1.54, 1.807) is 12.1 Å². The molecule has 7 N–H and O–H groups in total. The van der Waals surface area contributed by atoms with Crippen molar-refractivity contribution in [3.05, 3.63) is 34.9 Å². The van der Waals surface area contributed by atoms with Gasteiger partial charge in [0.2, 0.25) is 5.91 Å². The molecule has 1 aromatic carbocycles. The summed E-state index contributed by atoms with van der Waals surface area (Å²) < 4.78 is 0. The van der Waals surface area contributed by atoms with Crippen LogP contribution in [0.25, 0.3) is 0 Å². The van der Waals surface area contributed by atoms with Crippen LogP contribution in [0.3, 0.4) is 0 Å². The molecule has 1 amide bonds. The standard InChI is InChI=1S/C15H22ClN5O3/c16-11-4-1-3-10(7-11)8-19-9-13(22)21-12(14(23)24)5-2-6-20-15(17)18/h1,3-4,7,12,19H,2,5-6,8-9H2,(H,21,22)(H,23,24)(H4,17,18,20). The Morgan fingerprint density at radius 2 is 2.12 bits per heavy atom. The number of benzene rings is 1. The maximum absolute atomic E-state index is 11.8. The maximum Gasteiger partial charge on any atom is 0.326 e. The Morgan fingerprint density at radius 1 is 1.38 bits per heavy atom. The number of rotatable bonds is 10. The summed E-state index contributed by atoms with van der Waals surface area (Å²) in [6.07, 6.45) is 0.711. The lowest BCUT2D eigenvalue weighted by atomic mass is 10.1. The van der Waals surface area contributed by atoms with Crippen molar-refractivity contribution >= 4 is 29.4 Å². The van der Waals surface area contributed by atoms with Crippen molar-refractivity contribution in [2.24, 2.45) is 5.73 Å². The molecule has 0 bridgehead atoms. The van der Waals surface area contributed by atoms with Crippen molar-refractivity contribution in [2.75, 3.05) is 13.1 Å². The first-order valence-corrected chi connectivity index (χ1v) is 7.81. The van der Waals surface area contributed by atoms with E-state index < -0.39 is 17.9 Å². The lowest BCUT2D eigenvalue weighted by Gasteiger charge is -2.15. The van der Waals surface area contributed by atoms with Gasteiger partial charge >= 0.3 is 5.97 Å². The summed E-state index contributed by atoms with van der Waals surface area (Å²) >= 11 is 5.87. The summed E-state index contributed by atoms with van der Waals surface area (Å²) in [6, 6.07) is 6.26. The molecule has 0 heterocycles. The predicted molar refractivity (Wildman–Crippen MR) is 91.9 cm³/mol. The van der Waals surface area contributed by atoms with Crippen LogP contribution >= 0.6 is 11.6 Å². The topological polar surface area (TPSA) is 140 Å². The van der Waals surface area contributed by atoms with E-state index in [0.29, 0.717) is 24.5 Å². The summed E-state index contributed by atoms with van der Waals surface area (Å²) in [5, 5.41) is 24.7. The largest absolute Gasteiger partial charge is 0.480 e. The summed E-state index contributed by atoms with van der Waals surface area (Å²) in [5.41, 5.74) is 6.06. The summed E-state index contributed by atoms with van der Waals surface area (Å²) in [6.45, 7) is 0.832. The van der Waals surface area contributed by atoms with E-state index in [0.717, 1.165) is 5.56 Å². The third-order valence-corrected chi connectivity index (χ3v) is 3.36. The van der Waals surface area contributed by atoms with Gasteiger partial charge in [-0.05, 0) is 30.5 Å².